The molecule has 1 aliphatic heterocycles. The van der Waals surface area contributed by atoms with Crippen molar-refractivity contribution < 1.29 is 9.53 Å². The Hall–Kier alpha value is -2.14. The summed E-state index contributed by atoms with van der Waals surface area (Å²) in [5.74, 6) is -0.0519. The van der Waals surface area contributed by atoms with Crippen LogP contribution in [0.5, 0.6) is 0 Å². The van der Waals surface area contributed by atoms with E-state index in [0.29, 0.717) is 12.2 Å². The standard InChI is InChI=1S/C22H29N3O2/c1-21(2)15-22(12-14-27-21,16-7-4-3-5-8-16)11-13-23-20(26)19-17-9-6-10-18(17)24-25-19/h3-5,7-8H,6,9-15H2,1-2H3,(H,23,26)(H,24,25). The molecular formula is C22H29N3O2. The van der Waals surface area contributed by atoms with Crippen LogP contribution < -0.4 is 5.32 Å². The Balaban J connectivity index is 1.47. The van der Waals surface area contributed by atoms with Gasteiger partial charge in [-0.05, 0) is 57.9 Å². The van der Waals surface area contributed by atoms with E-state index < -0.39 is 0 Å². The van der Waals surface area contributed by atoms with Gasteiger partial charge in [0.2, 0.25) is 0 Å². The minimum absolute atomic E-state index is 0.0316. The molecule has 1 aliphatic carbocycles. The first kappa shape index (κ1) is 18.2. The predicted octanol–water partition coefficient (Wildman–Crippen LogP) is 3.55. The zero-order valence-electron chi connectivity index (χ0n) is 16.3. The molecule has 2 aliphatic rings. The molecular weight excluding hydrogens is 338 g/mol. The molecule has 5 heteroatoms. The maximum atomic E-state index is 12.7. The summed E-state index contributed by atoms with van der Waals surface area (Å²) in [6.07, 6.45) is 5.90. The molecule has 5 nitrogen and oxygen atoms in total. The molecule has 1 atom stereocenters. The van der Waals surface area contributed by atoms with Gasteiger partial charge in [-0.15, -0.1) is 0 Å². The van der Waals surface area contributed by atoms with Crippen LogP contribution in [0.25, 0.3) is 0 Å². The van der Waals surface area contributed by atoms with Gasteiger partial charge in [0.15, 0.2) is 5.69 Å². The number of nitrogens with zero attached hydrogens (tertiary/aromatic N) is 1. The van der Waals surface area contributed by atoms with Crippen LogP contribution in [-0.4, -0.2) is 34.9 Å². The summed E-state index contributed by atoms with van der Waals surface area (Å²) in [5.41, 5.74) is 4.05. The molecule has 2 aromatic rings. The predicted molar refractivity (Wildman–Crippen MR) is 105 cm³/mol. The Morgan fingerprint density at radius 1 is 1.26 bits per heavy atom. The van der Waals surface area contributed by atoms with Gasteiger partial charge in [0.1, 0.15) is 0 Å². The van der Waals surface area contributed by atoms with Gasteiger partial charge in [-0.25, -0.2) is 0 Å². The maximum absolute atomic E-state index is 12.7. The van der Waals surface area contributed by atoms with Crippen LogP contribution in [0.1, 0.15) is 66.8 Å². The highest BCUT2D eigenvalue weighted by Gasteiger charge is 2.41. The highest BCUT2D eigenvalue weighted by molar-refractivity contribution is 5.94. The lowest BCUT2D eigenvalue weighted by molar-refractivity contribution is -0.0838. The number of aromatic nitrogens is 2. The molecule has 27 heavy (non-hydrogen) atoms. The summed E-state index contributed by atoms with van der Waals surface area (Å²) in [6.45, 7) is 5.72. The van der Waals surface area contributed by atoms with Gasteiger partial charge >= 0.3 is 0 Å². The van der Waals surface area contributed by atoms with E-state index in [2.05, 4.69) is 59.7 Å². The summed E-state index contributed by atoms with van der Waals surface area (Å²) in [6, 6.07) is 10.7. The number of fused-ring (bicyclic) bond motifs is 1. The number of hydrogen-bond donors (Lipinski definition) is 2. The normalized spacial score (nSPS) is 23.8. The van der Waals surface area contributed by atoms with Crippen LogP contribution in [0.4, 0.5) is 0 Å². The summed E-state index contributed by atoms with van der Waals surface area (Å²) < 4.78 is 5.98. The van der Waals surface area contributed by atoms with Crippen molar-refractivity contribution in [2.45, 2.75) is 63.4 Å². The Bertz CT molecular complexity index is 812. The lowest BCUT2D eigenvalue weighted by atomic mass is 9.67. The van der Waals surface area contributed by atoms with Gasteiger partial charge in [-0.3, -0.25) is 9.89 Å². The Kier molecular flexibility index (Phi) is 4.81. The number of ether oxygens (including phenoxy) is 1. The lowest BCUT2D eigenvalue weighted by Gasteiger charge is -2.45. The van der Waals surface area contributed by atoms with Crippen molar-refractivity contribution in [3.63, 3.8) is 0 Å². The number of carbonyl (C=O) groups is 1. The smallest absolute Gasteiger partial charge is 0.272 e. The lowest BCUT2D eigenvalue weighted by Crippen LogP contribution is -2.45. The van der Waals surface area contributed by atoms with Crippen molar-refractivity contribution in [1.82, 2.24) is 15.5 Å². The van der Waals surface area contributed by atoms with Gasteiger partial charge in [0, 0.05) is 29.8 Å². The molecule has 1 amide bonds. The summed E-state index contributed by atoms with van der Waals surface area (Å²) in [5, 5.41) is 10.4. The van der Waals surface area contributed by atoms with E-state index >= 15 is 0 Å². The molecule has 1 fully saturated rings. The van der Waals surface area contributed by atoms with Gasteiger partial charge in [0.05, 0.1) is 5.60 Å². The van der Waals surface area contributed by atoms with Gasteiger partial charge in [0.25, 0.3) is 5.91 Å². The van der Waals surface area contributed by atoms with E-state index in [0.717, 1.165) is 56.4 Å². The first-order valence-corrected chi connectivity index (χ1v) is 10.0. The molecule has 1 aromatic heterocycles. The molecule has 0 radical (unpaired) electrons. The minimum Gasteiger partial charge on any atom is -0.376 e. The quantitative estimate of drug-likeness (QED) is 0.849. The average Bonchev–Trinajstić information content (AvgIpc) is 3.25. The van der Waals surface area contributed by atoms with Crippen molar-refractivity contribution in [1.29, 1.82) is 0 Å². The van der Waals surface area contributed by atoms with E-state index in [1.54, 1.807) is 0 Å². The van der Waals surface area contributed by atoms with Crippen molar-refractivity contribution in [2.75, 3.05) is 13.2 Å². The third-order valence-electron chi connectivity index (χ3n) is 6.13. The molecule has 0 saturated carbocycles. The molecule has 1 saturated heterocycles. The highest BCUT2D eigenvalue weighted by atomic mass is 16.5. The third-order valence-corrected chi connectivity index (χ3v) is 6.13. The zero-order chi connectivity index (χ0) is 18.9. The minimum atomic E-state index is -0.152. The number of hydrogen-bond acceptors (Lipinski definition) is 3. The monoisotopic (exact) mass is 367 g/mol. The molecule has 0 spiro atoms. The largest absolute Gasteiger partial charge is 0.376 e. The number of amides is 1. The SMILES string of the molecule is CC1(C)CC(CCNC(=O)c2n[nH]c3c2CCC3)(c2ccccc2)CCO1. The molecule has 2 heterocycles. The van der Waals surface area contributed by atoms with Crippen LogP contribution in [0.15, 0.2) is 30.3 Å². The first-order valence-electron chi connectivity index (χ1n) is 10.0. The number of rotatable bonds is 5. The molecule has 4 rings (SSSR count). The number of aryl methyl sites for hydroxylation is 1. The Labute approximate surface area is 160 Å². The van der Waals surface area contributed by atoms with Gasteiger partial charge in [-0.2, -0.15) is 5.10 Å². The fourth-order valence-corrected chi connectivity index (χ4v) is 4.88. The number of carbonyl (C=O) groups excluding carboxylic acids is 1. The molecule has 2 N–H and O–H groups in total. The molecule has 1 aromatic carbocycles. The van der Waals surface area contributed by atoms with Crippen LogP contribution in [0, 0.1) is 0 Å². The second-order valence-corrected chi connectivity index (χ2v) is 8.57. The van der Waals surface area contributed by atoms with Crippen LogP contribution in [-0.2, 0) is 23.0 Å². The molecule has 144 valence electrons. The Morgan fingerprint density at radius 3 is 2.85 bits per heavy atom. The number of aromatic amines is 1. The van der Waals surface area contributed by atoms with Crippen molar-refractivity contribution >= 4 is 5.91 Å². The number of H-pyrrole nitrogens is 1. The maximum Gasteiger partial charge on any atom is 0.272 e. The molecule has 0 bridgehead atoms. The van der Waals surface area contributed by atoms with Crippen LogP contribution >= 0.6 is 0 Å². The first-order chi connectivity index (χ1) is 13.0. The second kappa shape index (κ2) is 7.12. The van der Waals surface area contributed by atoms with Gasteiger partial charge in [-0.1, -0.05) is 30.3 Å². The zero-order valence-corrected chi connectivity index (χ0v) is 16.3. The van der Waals surface area contributed by atoms with Crippen LogP contribution in [0.2, 0.25) is 0 Å². The van der Waals surface area contributed by atoms with E-state index in [1.165, 1.54) is 5.56 Å². The summed E-state index contributed by atoms with van der Waals surface area (Å²) in [4.78, 5) is 12.7. The molecule has 1 unspecified atom stereocenters. The second-order valence-electron chi connectivity index (χ2n) is 8.57. The number of benzene rings is 1. The van der Waals surface area contributed by atoms with E-state index in [1.807, 2.05) is 0 Å². The van der Waals surface area contributed by atoms with Crippen molar-refractivity contribution in [3.8, 4) is 0 Å². The van der Waals surface area contributed by atoms with E-state index in [-0.39, 0.29) is 16.9 Å². The van der Waals surface area contributed by atoms with Crippen LogP contribution in [0.3, 0.4) is 0 Å². The fourth-order valence-electron chi connectivity index (χ4n) is 4.88. The number of nitrogens with one attached hydrogen (secondary N) is 2. The Morgan fingerprint density at radius 2 is 2.07 bits per heavy atom. The van der Waals surface area contributed by atoms with Crippen molar-refractivity contribution in [2.24, 2.45) is 0 Å². The highest BCUT2D eigenvalue weighted by Crippen LogP contribution is 2.43. The van der Waals surface area contributed by atoms with E-state index in [9.17, 15) is 4.79 Å². The topological polar surface area (TPSA) is 67.0 Å². The van der Waals surface area contributed by atoms with Gasteiger partial charge < -0.3 is 10.1 Å². The fraction of sp³-hybridized carbons (Fsp3) is 0.545. The average molecular weight is 367 g/mol. The third kappa shape index (κ3) is 3.65. The summed E-state index contributed by atoms with van der Waals surface area (Å²) >= 11 is 0. The van der Waals surface area contributed by atoms with Crippen molar-refractivity contribution in [3.05, 3.63) is 52.8 Å². The summed E-state index contributed by atoms with van der Waals surface area (Å²) in [7, 11) is 0. The van der Waals surface area contributed by atoms with E-state index in [4.69, 9.17) is 4.74 Å².